The van der Waals surface area contributed by atoms with Gasteiger partial charge in [0.05, 0.1) is 20.4 Å². The third-order valence-electron chi connectivity index (χ3n) is 1.83. The van der Waals surface area contributed by atoms with Gasteiger partial charge in [-0.05, 0) is 0 Å². The van der Waals surface area contributed by atoms with Crippen molar-refractivity contribution in [2.45, 2.75) is 6.36 Å². The number of ether oxygens (including phenoxy) is 3. The molecule has 0 atom stereocenters. The number of H-pyrrole nitrogens is 1. The molecular weight excluding hydrogens is 259 g/mol. The summed E-state index contributed by atoms with van der Waals surface area (Å²) in [6.45, 7) is 0. The molecular formula is C9H8F3NO5. The van der Waals surface area contributed by atoms with Crippen LogP contribution in [0.2, 0.25) is 0 Å². The van der Waals surface area contributed by atoms with Gasteiger partial charge in [-0.2, -0.15) is 0 Å². The number of rotatable bonds is 3. The molecule has 1 aromatic rings. The molecule has 1 aromatic heterocycles. The van der Waals surface area contributed by atoms with Crippen molar-refractivity contribution >= 4 is 5.97 Å². The van der Waals surface area contributed by atoms with Crippen LogP contribution in [0.15, 0.2) is 11.0 Å². The van der Waals surface area contributed by atoms with E-state index in [0.717, 1.165) is 14.2 Å². The summed E-state index contributed by atoms with van der Waals surface area (Å²) in [5.41, 5.74) is -1.99. The number of methoxy groups -OCH3 is 2. The largest absolute Gasteiger partial charge is 0.573 e. The van der Waals surface area contributed by atoms with Crippen molar-refractivity contribution in [2.24, 2.45) is 0 Å². The molecule has 0 amide bonds. The first-order valence-corrected chi connectivity index (χ1v) is 4.44. The van der Waals surface area contributed by atoms with E-state index < -0.39 is 29.1 Å². The Bertz CT molecular complexity index is 508. The molecule has 0 aliphatic rings. The summed E-state index contributed by atoms with van der Waals surface area (Å²) in [5, 5.41) is 0. The second kappa shape index (κ2) is 4.98. The molecule has 0 fully saturated rings. The fraction of sp³-hybridized carbons (Fsp3) is 0.333. The second-order valence-electron chi connectivity index (χ2n) is 2.93. The van der Waals surface area contributed by atoms with Crippen LogP contribution in [0.25, 0.3) is 0 Å². The van der Waals surface area contributed by atoms with E-state index in [1.165, 1.54) is 0 Å². The number of pyridine rings is 1. The number of carbonyl (C=O) groups is 1. The summed E-state index contributed by atoms with van der Waals surface area (Å²) >= 11 is 0. The molecule has 9 heteroatoms. The molecule has 100 valence electrons. The third-order valence-corrected chi connectivity index (χ3v) is 1.83. The Morgan fingerprint density at radius 3 is 2.39 bits per heavy atom. The smallest absolute Gasteiger partial charge is 0.482 e. The zero-order valence-corrected chi connectivity index (χ0v) is 9.25. The van der Waals surface area contributed by atoms with Crippen LogP contribution in [-0.2, 0) is 4.74 Å². The predicted molar refractivity (Wildman–Crippen MR) is 51.6 cm³/mol. The fourth-order valence-corrected chi connectivity index (χ4v) is 1.14. The molecule has 0 radical (unpaired) electrons. The quantitative estimate of drug-likeness (QED) is 0.829. The van der Waals surface area contributed by atoms with Gasteiger partial charge in [-0.25, -0.2) is 4.79 Å². The Morgan fingerprint density at radius 1 is 1.33 bits per heavy atom. The minimum absolute atomic E-state index is 0.318. The van der Waals surface area contributed by atoms with Crippen molar-refractivity contribution in [3.05, 3.63) is 22.0 Å². The maximum atomic E-state index is 12.0. The number of esters is 1. The van der Waals surface area contributed by atoms with Gasteiger partial charge in [-0.1, -0.05) is 0 Å². The second-order valence-corrected chi connectivity index (χ2v) is 2.93. The molecule has 0 bridgehead atoms. The van der Waals surface area contributed by atoms with Crippen LogP contribution >= 0.6 is 0 Å². The summed E-state index contributed by atoms with van der Waals surface area (Å²) in [7, 11) is 2.10. The lowest BCUT2D eigenvalue weighted by molar-refractivity contribution is -0.275. The highest BCUT2D eigenvalue weighted by molar-refractivity contribution is 5.92. The average molecular weight is 267 g/mol. The molecule has 0 aliphatic heterocycles. The molecule has 0 spiro atoms. The first kappa shape index (κ1) is 13.9. The highest BCUT2D eigenvalue weighted by Gasteiger charge is 2.34. The minimum Gasteiger partial charge on any atom is -0.482 e. The van der Waals surface area contributed by atoms with Crippen LogP contribution < -0.4 is 14.9 Å². The summed E-state index contributed by atoms with van der Waals surface area (Å²) in [5.74, 6) is -2.54. The Hall–Kier alpha value is -2.19. The molecule has 1 N–H and O–H groups in total. The Kier molecular flexibility index (Phi) is 3.84. The van der Waals surface area contributed by atoms with E-state index in [1.807, 2.05) is 0 Å². The van der Waals surface area contributed by atoms with Gasteiger partial charge < -0.3 is 19.2 Å². The van der Waals surface area contributed by atoms with Crippen molar-refractivity contribution in [1.82, 2.24) is 4.98 Å². The van der Waals surface area contributed by atoms with E-state index in [2.05, 4.69) is 19.2 Å². The van der Waals surface area contributed by atoms with E-state index in [1.54, 1.807) is 0 Å². The maximum absolute atomic E-state index is 12.0. The lowest BCUT2D eigenvalue weighted by Gasteiger charge is -2.10. The third kappa shape index (κ3) is 2.93. The van der Waals surface area contributed by atoms with Gasteiger partial charge in [0.25, 0.3) is 0 Å². The number of carbonyl (C=O) groups excluding carboxylic acids is 1. The fourth-order valence-electron chi connectivity index (χ4n) is 1.14. The number of aromatic nitrogens is 1. The predicted octanol–water partition coefficient (Wildman–Crippen LogP) is 1.07. The van der Waals surface area contributed by atoms with Crippen molar-refractivity contribution in [2.75, 3.05) is 14.2 Å². The van der Waals surface area contributed by atoms with E-state index >= 15 is 0 Å². The zero-order chi connectivity index (χ0) is 13.9. The Morgan fingerprint density at radius 2 is 1.94 bits per heavy atom. The highest BCUT2D eigenvalue weighted by Crippen LogP contribution is 2.22. The van der Waals surface area contributed by atoms with E-state index in [-0.39, 0.29) is 5.88 Å². The van der Waals surface area contributed by atoms with Gasteiger partial charge >= 0.3 is 12.3 Å². The van der Waals surface area contributed by atoms with E-state index in [9.17, 15) is 22.8 Å². The van der Waals surface area contributed by atoms with E-state index in [4.69, 9.17) is 0 Å². The summed E-state index contributed by atoms with van der Waals surface area (Å²) < 4.78 is 48.4. The standard InChI is InChI=1S/C9H8F3NO5/c1-16-7-5(8(15)17-2)6(14)4(3-13-7)18-9(10,11)12/h3H,1-2H3,(H,13,14). The lowest BCUT2D eigenvalue weighted by Crippen LogP contribution is -2.26. The first-order chi connectivity index (χ1) is 8.30. The van der Waals surface area contributed by atoms with Gasteiger partial charge in [0.15, 0.2) is 11.3 Å². The van der Waals surface area contributed by atoms with Gasteiger partial charge in [-0.15, -0.1) is 13.2 Å². The monoisotopic (exact) mass is 267 g/mol. The van der Waals surface area contributed by atoms with Crippen molar-refractivity contribution in [1.29, 1.82) is 0 Å². The minimum atomic E-state index is -5.05. The summed E-state index contributed by atoms with van der Waals surface area (Å²) in [4.78, 5) is 25.1. The molecule has 0 saturated carbocycles. The van der Waals surface area contributed by atoms with Gasteiger partial charge in [-0.3, -0.25) is 4.79 Å². The zero-order valence-electron chi connectivity index (χ0n) is 9.25. The molecule has 1 rings (SSSR count). The first-order valence-electron chi connectivity index (χ1n) is 4.44. The number of hydrogen-bond acceptors (Lipinski definition) is 5. The maximum Gasteiger partial charge on any atom is 0.573 e. The van der Waals surface area contributed by atoms with Crippen molar-refractivity contribution in [3.8, 4) is 11.6 Å². The number of hydrogen-bond donors (Lipinski definition) is 1. The number of aromatic amines is 1. The van der Waals surface area contributed by atoms with Crippen LogP contribution in [0.4, 0.5) is 13.2 Å². The van der Waals surface area contributed by atoms with Gasteiger partial charge in [0, 0.05) is 0 Å². The summed E-state index contributed by atoms with van der Waals surface area (Å²) in [6.07, 6.45) is -4.41. The molecule has 18 heavy (non-hydrogen) atoms. The van der Waals surface area contributed by atoms with Crippen LogP contribution in [0, 0.1) is 0 Å². The lowest BCUT2D eigenvalue weighted by atomic mass is 10.2. The molecule has 0 unspecified atom stereocenters. The SMILES string of the molecule is COC(=O)c1c(OC)[nH]cc(OC(F)(F)F)c1=O. The Balaban J connectivity index is 3.35. The topological polar surface area (TPSA) is 77.6 Å². The number of nitrogens with one attached hydrogen (secondary N) is 1. The molecule has 1 heterocycles. The molecule has 0 aliphatic carbocycles. The average Bonchev–Trinajstić information content (AvgIpc) is 2.29. The molecule has 0 saturated heterocycles. The molecule has 0 aromatic carbocycles. The van der Waals surface area contributed by atoms with Crippen LogP contribution in [0.3, 0.4) is 0 Å². The van der Waals surface area contributed by atoms with Gasteiger partial charge in [0.1, 0.15) is 0 Å². The van der Waals surface area contributed by atoms with Crippen LogP contribution in [0.1, 0.15) is 10.4 Å². The summed E-state index contributed by atoms with van der Waals surface area (Å²) in [6, 6.07) is 0. The highest BCUT2D eigenvalue weighted by atomic mass is 19.4. The normalized spacial score (nSPS) is 10.9. The number of alkyl halides is 3. The van der Waals surface area contributed by atoms with Crippen molar-refractivity contribution < 1.29 is 32.2 Å². The van der Waals surface area contributed by atoms with Crippen LogP contribution in [-0.4, -0.2) is 31.5 Å². The Labute approximate surface area is 98.3 Å². The van der Waals surface area contributed by atoms with Crippen LogP contribution in [0.5, 0.6) is 11.6 Å². The van der Waals surface area contributed by atoms with Crippen molar-refractivity contribution in [3.63, 3.8) is 0 Å². The molecule has 6 nitrogen and oxygen atoms in total. The van der Waals surface area contributed by atoms with E-state index in [0.29, 0.717) is 6.20 Å². The van der Waals surface area contributed by atoms with Gasteiger partial charge in [0.2, 0.25) is 11.3 Å². The number of halogens is 3.